The van der Waals surface area contributed by atoms with Crippen LogP contribution in [0.3, 0.4) is 0 Å². The Balaban J connectivity index is 1.20. The Labute approximate surface area is 204 Å². The molecule has 9 nitrogen and oxygen atoms in total. The standard InChI is InChI=1S/C23H22N4O5S2/c28-22(26-11-9-25(10-12-26)19-3-5-20(6-4-19)27(30)31)13-32-23(29)17-1-7-21(8-2-17)34-15-18-14-33-16-24-18/h1-8,14,16H,9-13,15H2. The Bertz CT molecular complexity index is 1130. The monoisotopic (exact) mass is 498 g/mol. The molecule has 0 unspecified atom stereocenters. The minimum atomic E-state index is -0.533. The van der Waals surface area contributed by atoms with Gasteiger partial charge in [0.25, 0.3) is 11.6 Å². The molecule has 0 atom stereocenters. The van der Waals surface area contributed by atoms with Crippen molar-refractivity contribution in [2.24, 2.45) is 0 Å². The van der Waals surface area contributed by atoms with Crippen LogP contribution >= 0.6 is 23.1 Å². The summed E-state index contributed by atoms with van der Waals surface area (Å²) in [4.78, 5) is 44.2. The third-order valence-corrected chi connectivity index (χ3v) is 7.03. The zero-order chi connectivity index (χ0) is 23.9. The van der Waals surface area contributed by atoms with E-state index in [4.69, 9.17) is 4.74 Å². The number of hydrogen-bond acceptors (Lipinski definition) is 9. The van der Waals surface area contributed by atoms with E-state index in [1.165, 1.54) is 12.1 Å². The predicted octanol–water partition coefficient (Wildman–Crippen LogP) is 3.85. The number of ether oxygens (including phenoxy) is 1. The number of esters is 1. The summed E-state index contributed by atoms with van der Waals surface area (Å²) in [5.41, 5.74) is 4.13. The molecule has 0 radical (unpaired) electrons. The maximum Gasteiger partial charge on any atom is 0.338 e. The maximum atomic E-state index is 12.5. The molecular formula is C23H22N4O5S2. The van der Waals surface area contributed by atoms with Crippen molar-refractivity contribution < 1.29 is 19.2 Å². The van der Waals surface area contributed by atoms with Gasteiger partial charge in [0.05, 0.1) is 21.7 Å². The number of amides is 1. The first kappa shape index (κ1) is 23.7. The van der Waals surface area contributed by atoms with Crippen molar-refractivity contribution in [1.29, 1.82) is 0 Å². The van der Waals surface area contributed by atoms with Crippen molar-refractivity contribution in [3.63, 3.8) is 0 Å². The van der Waals surface area contributed by atoms with Crippen LogP contribution in [0, 0.1) is 10.1 Å². The van der Waals surface area contributed by atoms with Gasteiger partial charge in [-0.25, -0.2) is 9.78 Å². The van der Waals surface area contributed by atoms with E-state index >= 15 is 0 Å². The second-order valence-electron chi connectivity index (χ2n) is 7.51. The highest BCUT2D eigenvalue weighted by molar-refractivity contribution is 7.98. The van der Waals surface area contributed by atoms with Crippen molar-refractivity contribution >= 4 is 46.3 Å². The molecule has 2 heterocycles. The summed E-state index contributed by atoms with van der Waals surface area (Å²) in [6, 6.07) is 13.5. The van der Waals surface area contributed by atoms with Gasteiger partial charge < -0.3 is 14.5 Å². The number of nitrogens with zero attached hydrogens (tertiary/aromatic N) is 4. The van der Waals surface area contributed by atoms with Crippen LogP contribution in [0.5, 0.6) is 0 Å². The van der Waals surface area contributed by atoms with Gasteiger partial charge in [0.15, 0.2) is 6.61 Å². The highest BCUT2D eigenvalue weighted by atomic mass is 32.2. The van der Waals surface area contributed by atoms with Crippen molar-refractivity contribution in [2.45, 2.75) is 10.6 Å². The maximum absolute atomic E-state index is 12.5. The van der Waals surface area contributed by atoms with E-state index in [2.05, 4.69) is 9.88 Å². The lowest BCUT2D eigenvalue weighted by atomic mass is 10.2. The summed E-state index contributed by atoms with van der Waals surface area (Å²) in [5, 5.41) is 12.8. The Morgan fingerprint density at radius 2 is 1.76 bits per heavy atom. The van der Waals surface area contributed by atoms with Gasteiger partial charge in [-0.3, -0.25) is 14.9 Å². The van der Waals surface area contributed by atoms with E-state index in [1.54, 1.807) is 57.8 Å². The lowest BCUT2D eigenvalue weighted by molar-refractivity contribution is -0.384. The Hall–Kier alpha value is -3.44. The largest absolute Gasteiger partial charge is 0.452 e. The zero-order valence-electron chi connectivity index (χ0n) is 18.2. The lowest BCUT2D eigenvalue weighted by Gasteiger charge is -2.36. The molecule has 1 fully saturated rings. The fourth-order valence-corrected chi connectivity index (χ4v) is 4.92. The number of thiazole rings is 1. The summed E-state index contributed by atoms with van der Waals surface area (Å²) >= 11 is 3.19. The third kappa shape index (κ3) is 6.12. The molecule has 1 aliphatic rings. The van der Waals surface area contributed by atoms with Crippen molar-refractivity contribution in [3.05, 3.63) is 80.8 Å². The molecular weight excluding hydrogens is 476 g/mol. The summed E-state index contributed by atoms with van der Waals surface area (Å²) in [6.07, 6.45) is 0. The number of anilines is 1. The van der Waals surface area contributed by atoms with E-state index in [1.807, 2.05) is 17.5 Å². The Kier molecular flexibility index (Phi) is 7.76. The number of piperazine rings is 1. The van der Waals surface area contributed by atoms with Gasteiger partial charge in [0.2, 0.25) is 0 Å². The minimum Gasteiger partial charge on any atom is -0.452 e. The number of carbonyl (C=O) groups excluding carboxylic acids is 2. The van der Waals surface area contributed by atoms with E-state index in [9.17, 15) is 19.7 Å². The molecule has 34 heavy (non-hydrogen) atoms. The van der Waals surface area contributed by atoms with E-state index in [0.717, 1.165) is 22.0 Å². The number of rotatable bonds is 8. The number of carbonyl (C=O) groups is 2. The fraction of sp³-hybridized carbons (Fsp3) is 0.261. The van der Waals surface area contributed by atoms with Crippen LogP contribution in [0.4, 0.5) is 11.4 Å². The highest BCUT2D eigenvalue weighted by Crippen LogP contribution is 2.23. The number of thioether (sulfide) groups is 1. The smallest absolute Gasteiger partial charge is 0.338 e. The normalized spacial score (nSPS) is 13.5. The molecule has 1 aromatic heterocycles. The average molecular weight is 499 g/mol. The second-order valence-corrected chi connectivity index (χ2v) is 9.28. The quantitative estimate of drug-likeness (QED) is 0.200. The number of nitro groups is 1. The molecule has 1 saturated heterocycles. The summed E-state index contributed by atoms with van der Waals surface area (Å²) in [7, 11) is 0. The topological polar surface area (TPSA) is 106 Å². The number of hydrogen-bond donors (Lipinski definition) is 0. The molecule has 0 spiro atoms. The molecule has 1 aliphatic heterocycles. The molecule has 0 saturated carbocycles. The van der Waals surface area contributed by atoms with E-state index < -0.39 is 10.9 Å². The molecule has 0 N–H and O–H groups in total. The SMILES string of the molecule is O=C(OCC(=O)N1CCN(c2ccc([N+](=O)[O-])cc2)CC1)c1ccc(SCc2cscn2)cc1. The first-order chi connectivity index (χ1) is 16.5. The molecule has 4 rings (SSSR count). The number of non-ortho nitro benzene ring substituents is 1. The highest BCUT2D eigenvalue weighted by Gasteiger charge is 2.23. The van der Waals surface area contributed by atoms with Gasteiger partial charge in [0.1, 0.15) is 0 Å². The van der Waals surface area contributed by atoms with Gasteiger partial charge in [-0.2, -0.15) is 0 Å². The van der Waals surface area contributed by atoms with Gasteiger partial charge in [-0.05, 0) is 36.4 Å². The molecule has 1 amide bonds. The molecule has 0 bridgehead atoms. The van der Waals surface area contributed by atoms with Crippen LogP contribution in [-0.2, 0) is 15.3 Å². The number of aromatic nitrogens is 1. The van der Waals surface area contributed by atoms with Gasteiger partial charge >= 0.3 is 5.97 Å². The summed E-state index contributed by atoms with van der Waals surface area (Å²) in [5.74, 6) is -0.0137. The van der Waals surface area contributed by atoms with Gasteiger partial charge in [-0.1, -0.05) is 0 Å². The van der Waals surface area contributed by atoms with E-state index in [-0.39, 0.29) is 18.2 Å². The molecule has 0 aliphatic carbocycles. The van der Waals surface area contributed by atoms with Gasteiger partial charge in [0, 0.05) is 60.0 Å². The fourth-order valence-electron chi connectivity index (χ4n) is 3.45. The predicted molar refractivity (Wildman–Crippen MR) is 130 cm³/mol. The Morgan fingerprint density at radius 3 is 2.38 bits per heavy atom. The van der Waals surface area contributed by atoms with Crippen LogP contribution < -0.4 is 4.90 Å². The van der Waals surface area contributed by atoms with Crippen molar-refractivity contribution in [3.8, 4) is 0 Å². The molecule has 11 heteroatoms. The second kappa shape index (κ2) is 11.1. The van der Waals surface area contributed by atoms with E-state index in [0.29, 0.717) is 31.7 Å². The molecule has 2 aromatic carbocycles. The number of benzene rings is 2. The van der Waals surface area contributed by atoms with Crippen LogP contribution in [0.25, 0.3) is 0 Å². The van der Waals surface area contributed by atoms with Gasteiger partial charge in [-0.15, -0.1) is 23.1 Å². The van der Waals surface area contributed by atoms with Crippen LogP contribution in [-0.4, -0.2) is 59.5 Å². The summed E-state index contributed by atoms with van der Waals surface area (Å²) < 4.78 is 5.23. The van der Waals surface area contributed by atoms with Crippen LogP contribution in [0.15, 0.2) is 64.3 Å². The molecule has 176 valence electrons. The Morgan fingerprint density at radius 1 is 1.06 bits per heavy atom. The van der Waals surface area contributed by atoms with Crippen LogP contribution in [0.1, 0.15) is 16.1 Å². The minimum absolute atomic E-state index is 0.0448. The average Bonchev–Trinajstić information content (AvgIpc) is 3.40. The summed E-state index contributed by atoms with van der Waals surface area (Å²) in [6.45, 7) is 1.85. The molecule has 3 aromatic rings. The van der Waals surface area contributed by atoms with Crippen molar-refractivity contribution in [1.82, 2.24) is 9.88 Å². The zero-order valence-corrected chi connectivity index (χ0v) is 19.8. The van der Waals surface area contributed by atoms with Crippen molar-refractivity contribution in [2.75, 3.05) is 37.7 Å². The number of nitro benzene ring substituents is 1. The first-order valence-electron chi connectivity index (χ1n) is 10.5. The third-order valence-electron chi connectivity index (χ3n) is 5.34. The first-order valence-corrected chi connectivity index (χ1v) is 12.5. The lowest BCUT2D eigenvalue weighted by Crippen LogP contribution is -2.49. The van der Waals surface area contributed by atoms with Crippen LogP contribution in [0.2, 0.25) is 0 Å².